The van der Waals surface area contributed by atoms with Gasteiger partial charge in [-0.3, -0.25) is 4.79 Å². The van der Waals surface area contributed by atoms with E-state index in [-0.39, 0.29) is 17.6 Å². The number of esters is 1. The minimum absolute atomic E-state index is 0.00519. The Balaban J connectivity index is 1.27. The molecule has 0 N–H and O–H groups in total. The monoisotopic (exact) mass is 523 g/mol. The summed E-state index contributed by atoms with van der Waals surface area (Å²) in [4.78, 5) is 41.3. The molecule has 3 heterocycles. The molecule has 2 fully saturated rings. The van der Waals surface area contributed by atoms with E-state index in [0.29, 0.717) is 51.3 Å². The van der Waals surface area contributed by atoms with Gasteiger partial charge in [0.25, 0.3) is 0 Å². The Kier molecular flexibility index (Phi) is 6.42. The quantitative estimate of drug-likeness (QED) is 0.443. The van der Waals surface area contributed by atoms with Crippen LogP contribution in [0.5, 0.6) is 0 Å². The summed E-state index contributed by atoms with van der Waals surface area (Å²) in [6, 6.07) is 15.5. The average molecular weight is 524 g/mol. The molecule has 1 amide bonds. The molecule has 0 saturated carbocycles. The van der Waals surface area contributed by atoms with Crippen LogP contribution in [0.15, 0.2) is 48.5 Å². The van der Waals surface area contributed by atoms with Crippen LogP contribution in [0.4, 0.5) is 5.69 Å². The van der Waals surface area contributed by atoms with Crippen molar-refractivity contribution in [2.24, 2.45) is 0 Å². The number of rotatable bonds is 5. The van der Waals surface area contributed by atoms with Gasteiger partial charge in [-0.05, 0) is 37.6 Å². The van der Waals surface area contributed by atoms with Crippen LogP contribution in [0.2, 0.25) is 0 Å². The van der Waals surface area contributed by atoms with Crippen LogP contribution in [0.25, 0.3) is 0 Å². The van der Waals surface area contributed by atoms with Crippen molar-refractivity contribution in [1.82, 2.24) is 9.21 Å². The van der Waals surface area contributed by atoms with Crippen LogP contribution in [0, 0.1) is 0 Å². The van der Waals surface area contributed by atoms with Gasteiger partial charge in [0, 0.05) is 56.1 Å². The largest absolute Gasteiger partial charge is 0.449 e. The van der Waals surface area contributed by atoms with Crippen molar-refractivity contribution in [3.8, 4) is 0 Å². The van der Waals surface area contributed by atoms with Gasteiger partial charge in [0.15, 0.2) is 5.60 Å². The van der Waals surface area contributed by atoms with Crippen LogP contribution in [-0.2, 0) is 35.0 Å². The number of carbonyl (C=O) groups is 2. The van der Waals surface area contributed by atoms with Crippen molar-refractivity contribution >= 4 is 32.5 Å². The molecule has 3 aliphatic rings. The van der Waals surface area contributed by atoms with Crippen LogP contribution in [0.3, 0.4) is 0 Å². The zero-order valence-electron chi connectivity index (χ0n) is 21.6. The summed E-state index contributed by atoms with van der Waals surface area (Å²) in [5.74, 6) is -0.0333. The van der Waals surface area contributed by atoms with E-state index >= 15 is 0 Å². The van der Waals surface area contributed by atoms with Crippen LogP contribution >= 0.6 is 0 Å². The molecule has 0 aliphatic carbocycles. The first kappa shape index (κ1) is 25.5. The molecule has 1 unspecified atom stereocenters. The van der Waals surface area contributed by atoms with Crippen molar-refractivity contribution in [3.63, 3.8) is 0 Å². The number of fused-ring (bicyclic) bond motifs is 2. The Morgan fingerprint density at radius 1 is 1.05 bits per heavy atom. The number of hydrogen-bond donors (Lipinski definition) is 0. The molecule has 0 bridgehead atoms. The topological polar surface area (TPSA) is 87.2 Å². The average Bonchev–Trinajstić information content (AvgIpc) is 3.48. The number of likely N-dealkylation sites (tertiary alicyclic amines) is 1. The number of hydrogen-bond acceptors (Lipinski definition) is 6. The summed E-state index contributed by atoms with van der Waals surface area (Å²) in [5, 5.41) is 1.76. The van der Waals surface area contributed by atoms with Gasteiger partial charge in [-0.1, -0.05) is 37.3 Å². The third-order valence-corrected chi connectivity index (χ3v) is 10.4. The van der Waals surface area contributed by atoms with E-state index in [9.17, 15) is 18.6 Å². The van der Waals surface area contributed by atoms with E-state index in [1.807, 2.05) is 61.2 Å². The predicted octanol–water partition coefficient (Wildman–Crippen LogP) is 2.67. The first-order valence-electron chi connectivity index (χ1n) is 12.8. The molecule has 2 atom stereocenters. The number of benzene rings is 2. The molecule has 2 aromatic carbocycles. The van der Waals surface area contributed by atoms with Crippen molar-refractivity contribution in [3.05, 3.63) is 65.2 Å². The van der Waals surface area contributed by atoms with Crippen molar-refractivity contribution in [1.29, 1.82) is 0 Å². The summed E-state index contributed by atoms with van der Waals surface area (Å²) < 4.78 is 20.2. The molecule has 2 aromatic rings. The van der Waals surface area contributed by atoms with Crippen molar-refractivity contribution in [2.75, 3.05) is 49.9 Å². The number of nitrogens with zero attached hydrogens (tertiary/aromatic N) is 3. The standard InChI is InChI=1S/C28H33N3O5S/c1-4-37(35,20-32)31-17-15-29(16-18-31)22-11-9-21(10-12-22)27(2,3)26(34)30-14-13-28(19-30)24-8-6-5-7-23(24)25(33)36-28/h5-12H,4,13-19H2,1-3H3/t28-,37?/m0/s1. The molecule has 196 valence electrons. The minimum Gasteiger partial charge on any atom is -0.449 e. The lowest BCUT2D eigenvalue weighted by Crippen LogP contribution is -2.49. The molecule has 0 radical (unpaired) electrons. The van der Waals surface area contributed by atoms with Gasteiger partial charge in [0.05, 0.1) is 17.5 Å². The lowest BCUT2D eigenvalue weighted by atomic mass is 9.83. The molecule has 9 heteroatoms. The zero-order chi connectivity index (χ0) is 26.4. The second kappa shape index (κ2) is 9.31. The zero-order valence-corrected chi connectivity index (χ0v) is 22.4. The van der Waals surface area contributed by atoms with Crippen LogP contribution in [-0.4, -0.2) is 75.5 Å². The van der Waals surface area contributed by atoms with E-state index in [1.54, 1.807) is 22.5 Å². The van der Waals surface area contributed by atoms with Gasteiger partial charge in [-0.15, -0.1) is 0 Å². The van der Waals surface area contributed by atoms with E-state index in [4.69, 9.17) is 4.74 Å². The SMILES string of the molecule is CCS(=O)(=C=O)N1CCN(c2ccc(C(C)(C)C(=O)N3CC[C@@]4(C3)OC(=O)c3ccccc34)cc2)CC1. The van der Waals surface area contributed by atoms with Crippen molar-refractivity contribution in [2.45, 2.75) is 38.2 Å². The molecular formula is C28H33N3O5S. The number of amides is 1. The van der Waals surface area contributed by atoms with Gasteiger partial charge in [-0.2, -0.15) is 0 Å². The highest BCUT2D eigenvalue weighted by atomic mass is 32.2. The molecule has 8 nitrogen and oxygen atoms in total. The lowest BCUT2D eigenvalue weighted by Gasteiger charge is -2.36. The Morgan fingerprint density at radius 2 is 1.73 bits per heavy atom. The summed E-state index contributed by atoms with van der Waals surface area (Å²) >= 11 is 0. The van der Waals surface area contributed by atoms with E-state index in [1.165, 1.54) is 0 Å². The van der Waals surface area contributed by atoms with Gasteiger partial charge in [0.2, 0.25) is 11.1 Å². The Morgan fingerprint density at radius 3 is 2.38 bits per heavy atom. The van der Waals surface area contributed by atoms with Gasteiger partial charge < -0.3 is 14.5 Å². The Bertz CT molecular complexity index is 1370. The number of ether oxygens (including phenoxy) is 1. The molecule has 3 aliphatic heterocycles. The molecule has 2 saturated heterocycles. The number of carbonyl (C=O) groups excluding carboxylic acids is 3. The molecule has 5 rings (SSSR count). The molecule has 0 aromatic heterocycles. The highest BCUT2D eigenvalue weighted by Gasteiger charge is 2.52. The maximum absolute atomic E-state index is 13.7. The summed E-state index contributed by atoms with van der Waals surface area (Å²) in [5.41, 5.74) is 1.90. The number of anilines is 1. The third-order valence-electron chi connectivity index (χ3n) is 8.11. The van der Waals surface area contributed by atoms with E-state index < -0.39 is 20.7 Å². The van der Waals surface area contributed by atoms with Gasteiger partial charge in [-0.25, -0.2) is 18.1 Å². The lowest BCUT2D eigenvalue weighted by molar-refractivity contribution is -0.136. The van der Waals surface area contributed by atoms with E-state index in [0.717, 1.165) is 16.8 Å². The highest BCUT2D eigenvalue weighted by Crippen LogP contribution is 2.44. The first-order valence-corrected chi connectivity index (χ1v) is 14.5. The third kappa shape index (κ3) is 4.25. The van der Waals surface area contributed by atoms with Crippen LogP contribution < -0.4 is 4.90 Å². The molecule has 1 spiro atoms. The smallest absolute Gasteiger partial charge is 0.339 e. The first-order chi connectivity index (χ1) is 17.6. The normalized spacial score (nSPS) is 23.5. The van der Waals surface area contributed by atoms with Crippen LogP contribution in [0.1, 0.15) is 48.7 Å². The van der Waals surface area contributed by atoms with Gasteiger partial charge >= 0.3 is 5.97 Å². The molecule has 37 heavy (non-hydrogen) atoms. The summed E-state index contributed by atoms with van der Waals surface area (Å²) in [6.45, 7) is 8.91. The summed E-state index contributed by atoms with van der Waals surface area (Å²) in [6.07, 6.45) is 0.592. The Labute approximate surface area is 218 Å². The second-order valence-electron chi connectivity index (χ2n) is 10.5. The fourth-order valence-corrected chi connectivity index (χ4v) is 7.09. The highest BCUT2D eigenvalue weighted by molar-refractivity contribution is 7.98. The minimum atomic E-state index is -2.71. The van der Waals surface area contributed by atoms with E-state index in [2.05, 4.69) is 4.90 Å². The maximum atomic E-state index is 13.7. The number of piperazine rings is 1. The second-order valence-corrected chi connectivity index (χ2v) is 13.0. The predicted molar refractivity (Wildman–Crippen MR) is 142 cm³/mol. The molecular weight excluding hydrogens is 490 g/mol. The van der Waals surface area contributed by atoms with Gasteiger partial charge in [0.1, 0.15) is 9.71 Å². The van der Waals surface area contributed by atoms with Crippen molar-refractivity contribution < 1.29 is 23.3 Å². The fraction of sp³-hybridized carbons (Fsp3) is 0.464. The maximum Gasteiger partial charge on any atom is 0.339 e. The fourth-order valence-electron chi connectivity index (χ4n) is 5.75. The summed E-state index contributed by atoms with van der Waals surface area (Å²) in [7, 11) is -2.71. The Hall–Kier alpha value is -3.13.